The van der Waals surface area contributed by atoms with Crippen LogP contribution in [0.1, 0.15) is 11.1 Å². The average Bonchev–Trinajstić information content (AvgIpc) is 2.56. The molecule has 0 radical (unpaired) electrons. The van der Waals surface area contributed by atoms with Crippen LogP contribution in [0.3, 0.4) is 0 Å². The minimum atomic E-state index is 0. The van der Waals surface area contributed by atoms with Crippen LogP contribution in [0.15, 0.2) is 42.5 Å². The van der Waals surface area contributed by atoms with Crippen LogP contribution in [0, 0.1) is 6.07 Å². The van der Waals surface area contributed by atoms with E-state index in [1.54, 1.807) is 0 Å². The van der Waals surface area contributed by atoms with Crippen LogP contribution in [-0.4, -0.2) is 23.1 Å². The van der Waals surface area contributed by atoms with Gasteiger partial charge in [0.2, 0.25) is 0 Å². The van der Waals surface area contributed by atoms with Crippen molar-refractivity contribution in [3.8, 4) is 11.1 Å². The Morgan fingerprint density at radius 1 is 0.933 bits per heavy atom. The molecule has 70 valence electrons. The van der Waals surface area contributed by atoms with Gasteiger partial charge in [0.05, 0.1) is 0 Å². The zero-order valence-corrected chi connectivity index (χ0v) is 11.3. The molecule has 1 aliphatic carbocycles. The molecule has 0 heterocycles. The zero-order chi connectivity index (χ0) is 8.67. The fraction of sp³-hybridized carbons (Fsp3) is 0.0769. The maximum atomic E-state index is 3.30. The molecule has 0 amide bonds. The third kappa shape index (κ3) is 2.12. The van der Waals surface area contributed by atoms with Crippen LogP contribution in [0.25, 0.3) is 11.1 Å². The van der Waals surface area contributed by atoms with Crippen molar-refractivity contribution >= 4 is 23.1 Å². The van der Waals surface area contributed by atoms with E-state index in [0.717, 1.165) is 6.42 Å². The van der Waals surface area contributed by atoms with Gasteiger partial charge in [-0.1, -0.05) is 35.4 Å². The fourth-order valence-corrected chi connectivity index (χ4v) is 2.00. The summed E-state index contributed by atoms with van der Waals surface area (Å²) in [4.78, 5) is 0. The Morgan fingerprint density at radius 3 is 2.53 bits per heavy atom. The molecule has 0 aliphatic heterocycles. The van der Waals surface area contributed by atoms with Gasteiger partial charge in [0.1, 0.15) is 0 Å². The summed E-state index contributed by atoms with van der Waals surface area (Å²) in [5.74, 6) is 0. The first-order valence-corrected chi connectivity index (χ1v) is 4.53. The molecule has 0 fully saturated rings. The largest absolute Gasteiger partial charge is 2.00 e. The van der Waals surface area contributed by atoms with Crippen LogP contribution < -0.4 is 17.0 Å². The molecule has 0 unspecified atom stereocenters. The third-order valence-corrected chi connectivity index (χ3v) is 2.62. The minimum Gasteiger partial charge on any atom is -1.00 e. The van der Waals surface area contributed by atoms with Gasteiger partial charge >= 0.3 is 23.1 Å². The van der Waals surface area contributed by atoms with Crippen LogP contribution in [0.2, 0.25) is 0 Å². The minimum absolute atomic E-state index is 0. The number of halogens is 1. The molecular weight excluding hydrogens is 260 g/mol. The Hall–Kier alpha value is -0.314. The Bertz CT molecular complexity index is 422. The van der Waals surface area contributed by atoms with Crippen molar-refractivity contribution < 1.29 is 17.0 Å². The summed E-state index contributed by atoms with van der Waals surface area (Å²) in [7, 11) is 0. The topological polar surface area (TPSA) is 0 Å². The van der Waals surface area contributed by atoms with Crippen molar-refractivity contribution in [1.29, 1.82) is 0 Å². The molecule has 1 aliphatic rings. The quantitative estimate of drug-likeness (QED) is 0.388. The summed E-state index contributed by atoms with van der Waals surface area (Å²) in [6.07, 6.45) is 1.05. The van der Waals surface area contributed by atoms with E-state index >= 15 is 0 Å². The zero-order valence-electron chi connectivity index (χ0n) is 8.33. The van der Waals surface area contributed by atoms with Gasteiger partial charge < -0.3 is 17.0 Å². The second kappa shape index (κ2) is 5.15. The molecule has 0 bridgehead atoms. The summed E-state index contributed by atoms with van der Waals surface area (Å²) in [5, 5.41) is 0. The Balaban J connectivity index is 0.000000562. The number of rotatable bonds is 0. The van der Waals surface area contributed by atoms with E-state index in [-0.39, 0.29) is 40.0 Å². The van der Waals surface area contributed by atoms with Crippen LogP contribution in [0.5, 0.6) is 0 Å². The van der Waals surface area contributed by atoms with E-state index < -0.39 is 0 Å². The van der Waals surface area contributed by atoms with Crippen molar-refractivity contribution in [2.75, 3.05) is 0 Å². The third-order valence-electron chi connectivity index (χ3n) is 2.62. The van der Waals surface area contributed by atoms with Crippen molar-refractivity contribution in [1.82, 2.24) is 0 Å². The molecule has 2 aromatic rings. The monoisotopic (exact) mass is 268 g/mol. The van der Waals surface area contributed by atoms with Gasteiger partial charge in [-0.15, -0.1) is 5.56 Å². The van der Waals surface area contributed by atoms with Gasteiger partial charge in [-0.2, -0.15) is 29.8 Å². The summed E-state index contributed by atoms with van der Waals surface area (Å²) in [5.41, 5.74) is 5.51. The molecule has 0 spiro atoms. The molecular formula is C13H9BrMg. The predicted molar refractivity (Wildman–Crippen MR) is 59.3 cm³/mol. The number of hydrogen-bond donors (Lipinski definition) is 0. The molecule has 0 N–H and O–H groups in total. The maximum absolute atomic E-state index is 3.30. The number of fused-ring (bicyclic) bond motifs is 3. The van der Waals surface area contributed by atoms with Crippen LogP contribution in [0.4, 0.5) is 0 Å². The average molecular weight is 269 g/mol. The normalized spacial score (nSPS) is 10.7. The second-order valence-electron chi connectivity index (χ2n) is 3.40. The molecule has 0 aromatic heterocycles. The van der Waals surface area contributed by atoms with E-state index in [1.165, 1.54) is 22.3 Å². The Labute approximate surface area is 117 Å². The first-order chi connectivity index (χ1) is 6.45. The van der Waals surface area contributed by atoms with Crippen molar-refractivity contribution in [3.05, 3.63) is 59.7 Å². The predicted octanol–water partition coefficient (Wildman–Crippen LogP) is -0.319. The van der Waals surface area contributed by atoms with Gasteiger partial charge in [0.25, 0.3) is 0 Å². The van der Waals surface area contributed by atoms with E-state index in [4.69, 9.17) is 0 Å². The molecule has 3 rings (SSSR count). The summed E-state index contributed by atoms with van der Waals surface area (Å²) >= 11 is 0. The summed E-state index contributed by atoms with van der Waals surface area (Å²) in [6, 6.07) is 18.1. The first kappa shape index (κ1) is 12.8. The fourth-order valence-electron chi connectivity index (χ4n) is 2.00. The molecule has 15 heavy (non-hydrogen) atoms. The summed E-state index contributed by atoms with van der Waals surface area (Å²) < 4.78 is 0. The molecule has 0 nitrogen and oxygen atoms in total. The maximum Gasteiger partial charge on any atom is 2.00 e. The molecule has 0 saturated carbocycles. The van der Waals surface area contributed by atoms with Gasteiger partial charge in [-0.05, 0) is 6.42 Å². The Morgan fingerprint density at radius 2 is 1.67 bits per heavy atom. The Kier molecular flexibility index (Phi) is 4.38. The van der Waals surface area contributed by atoms with Crippen LogP contribution >= 0.6 is 0 Å². The molecule has 0 saturated heterocycles. The van der Waals surface area contributed by atoms with E-state index in [0.29, 0.717) is 0 Å². The molecule has 2 aromatic carbocycles. The van der Waals surface area contributed by atoms with E-state index in [2.05, 4.69) is 42.5 Å². The standard InChI is InChI=1S/C13H9.BrH.Mg/c1-3-7-12-10(5-1)9-11-6-2-4-8-13(11)12;;/h1-5,7-8H,9H2;1H;/q-1;;+2/p-1. The summed E-state index contributed by atoms with van der Waals surface area (Å²) in [6.45, 7) is 0. The number of hydrogen-bond acceptors (Lipinski definition) is 0. The van der Waals surface area contributed by atoms with Gasteiger partial charge in [0, 0.05) is 0 Å². The molecule has 0 atom stereocenters. The number of benzene rings is 2. The smallest absolute Gasteiger partial charge is 1.00 e. The van der Waals surface area contributed by atoms with Gasteiger partial charge in [-0.3, -0.25) is 0 Å². The second-order valence-corrected chi connectivity index (χ2v) is 3.40. The van der Waals surface area contributed by atoms with Gasteiger partial charge in [-0.25, -0.2) is 0 Å². The SMILES string of the molecule is [Br-].[Mg+2].[c-]1cccc2c1Cc1ccccc1-2. The first-order valence-electron chi connectivity index (χ1n) is 4.53. The van der Waals surface area contributed by atoms with E-state index in [1.807, 2.05) is 6.07 Å². The van der Waals surface area contributed by atoms with E-state index in [9.17, 15) is 0 Å². The van der Waals surface area contributed by atoms with Gasteiger partial charge in [0.15, 0.2) is 0 Å². The van der Waals surface area contributed by atoms with Crippen molar-refractivity contribution in [3.63, 3.8) is 0 Å². The van der Waals surface area contributed by atoms with Crippen molar-refractivity contribution in [2.45, 2.75) is 6.42 Å². The van der Waals surface area contributed by atoms with Crippen molar-refractivity contribution in [2.24, 2.45) is 0 Å². The molecule has 2 heteroatoms. The van der Waals surface area contributed by atoms with Crippen LogP contribution in [-0.2, 0) is 6.42 Å².